The molecular weight excluding hydrogens is 432 g/mol. The van der Waals surface area contributed by atoms with Gasteiger partial charge in [0.15, 0.2) is 0 Å². The van der Waals surface area contributed by atoms with Crippen molar-refractivity contribution in [2.24, 2.45) is 0 Å². The lowest BCUT2D eigenvalue weighted by molar-refractivity contribution is 0.0950. The van der Waals surface area contributed by atoms with Gasteiger partial charge in [0.05, 0.1) is 17.9 Å². The smallest absolute Gasteiger partial charge is 0.271 e. The predicted octanol–water partition coefficient (Wildman–Crippen LogP) is 4.36. The standard InChI is InChI=1S/C23H17ClN4O2S/c24-17-6-10-20(11-7-17)31-21-12-13-22(29)28(27-21)19-8-4-16(5-9-19)23(30)26-15-18-3-1-2-14-25-18/h1-14H,15H2,(H,26,30). The molecule has 0 radical (unpaired) electrons. The number of aromatic nitrogens is 3. The Morgan fingerprint density at radius 3 is 2.45 bits per heavy atom. The maximum absolute atomic E-state index is 12.4. The lowest BCUT2D eigenvalue weighted by Gasteiger charge is -2.08. The third-order valence-corrected chi connectivity index (χ3v) is 5.53. The van der Waals surface area contributed by atoms with Crippen molar-refractivity contribution in [1.29, 1.82) is 0 Å². The Morgan fingerprint density at radius 1 is 0.968 bits per heavy atom. The minimum absolute atomic E-state index is 0.218. The highest BCUT2D eigenvalue weighted by Gasteiger charge is 2.09. The Balaban J connectivity index is 1.48. The number of nitrogens with zero attached hydrogens (tertiary/aromatic N) is 3. The molecule has 0 fully saturated rings. The lowest BCUT2D eigenvalue weighted by Crippen LogP contribution is -2.23. The van der Waals surface area contributed by atoms with E-state index in [4.69, 9.17) is 11.6 Å². The van der Waals surface area contributed by atoms with Gasteiger partial charge in [0.1, 0.15) is 5.03 Å². The number of rotatable bonds is 6. The van der Waals surface area contributed by atoms with Crippen LogP contribution in [0.1, 0.15) is 16.1 Å². The van der Waals surface area contributed by atoms with Gasteiger partial charge in [-0.15, -0.1) is 0 Å². The second-order valence-corrected chi connectivity index (χ2v) is 8.06. The SMILES string of the molecule is O=C(NCc1ccccn1)c1ccc(-n2nc(Sc3ccc(Cl)cc3)ccc2=O)cc1. The van der Waals surface area contributed by atoms with E-state index in [1.807, 2.05) is 30.3 Å². The number of carbonyl (C=O) groups excluding carboxylic acids is 1. The minimum Gasteiger partial charge on any atom is -0.346 e. The fourth-order valence-corrected chi connectivity index (χ4v) is 3.68. The Labute approximate surface area is 187 Å². The number of hydrogen-bond donors (Lipinski definition) is 1. The molecule has 1 amide bonds. The fraction of sp³-hybridized carbons (Fsp3) is 0.0435. The van der Waals surface area contributed by atoms with Gasteiger partial charge in [0.2, 0.25) is 0 Å². The normalized spacial score (nSPS) is 10.6. The quantitative estimate of drug-likeness (QED) is 0.474. The summed E-state index contributed by atoms with van der Waals surface area (Å²) >= 11 is 7.35. The molecule has 0 aliphatic rings. The third-order valence-electron chi connectivity index (χ3n) is 4.34. The van der Waals surface area contributed by atoms with E-state index in [0.29, 0.717) is 27.8 Å². The van der Waals surface area contributed by atoms with Crippen LogP contribution in [0.3, 0.4) is 0 Å². The van der Waals surface area contributed by atoms with Crippen molar-refractivity contribution in [1.82, 2.24) is 20.1 Å². The summed E-state index contributed by atoms with van der Waals surface area (Å²) in [5.41, 5.74) is 1.58. The molecule has 2 heterocycles. The van der Waals surface area contributed by atoms with Crippen molar-refractivity contribution in [3.05, 3.63) is 112 Å². The molecule has 0 unspecified atom stereocenters. The van der Waals surface area contributed by atoms with Gasteiger partial charge in [-0.25, -0.2) is 0 Å². The average molecular weight is 449 g/mol. The van der Waals surface area contributed by atoms with E-state index in [2.05, 4.69) is 15.4 Å². The van der Waals surface area contributed by atoms with E-state index in [9.17, 15) is 9.59 Å². The summed E-state index contributed by atoms with van der Waals surface area (Å²) in [7, 11) is 0. The van der Waals surface area contributed by atoms with Gasteiger partial charge in [0, 0.05) is 27.7 Å². The molecule has 2 aromatic heterocycles. The second-order valence-electron chi connectivity index (χ2n) is 6.53. The van der Waals surface area contributed by atoms with Crippen LogP contribution in [0.25, 0.3) is 5.69 Å². The fourth-order valence-electron chi connectivity index (χ4n) is 2.79. The van der Waals surface area contributed by atoms with E-state index < -0.39 is 0 Å². The molecule has 0 atom stereocenters. The molecule has 0 bridgehead atoms. The molecule has 1 N–H and O–H groups in total. The van der Waals surface area contributed by atoms with Crippen molar-refractivity contribution < 1.29 is 4.79 Å². The average Bonchev–Trinajstić information content (AvgIpc) is 2.81. The van der Waals surface area contributed by atoms with Gasteiger partial charge < -0.3 is 5.32 Å². The summed E-state index contributed by atoms with van der Waals surface area (Å²) in [6.45, 7) is 0.340. The van der Waals surface area contributed by atoms with Crippen LogP contribution < -0.4 is 10.9 Å². The number of hydrogen-bond acceptors (Lipinski definition) is 5. The van der Waals surface area contributed by atoms with Gasteiger partial charge in [-0.1, -0.05) is 29.4 Å². The molecule has 6 nitrogen and oxygen atoms in total. The lowest BCUT2D eigenvalue weighted by atomic mass is 10.2. The van der Waals surface area contributed by atoms with E-state index in [1.54, 1.807) is 48.7 Å². The maximum atomic E-state index is 12.4. The largest absolute Gasteiger partial charge is 0.346 e. The summed E-state index contributed by atoms with van der Waals surface area (Å²) in [6, 6.07) is 22.8. The van der Waals surface area contributed by atoms with E-state index in [1.165, 1.54) is 22.5 Å². The molecule has 8 heteroatoms. The van der Waals surface area contributed by atoms with Crippen LogP contribution in [0.15, 0.2) is 99.8 Å². The first-order chi connectivity index (χ1) is 15.1. The molecule has 0 saturated carbocycles. The van der Waals surface area contributed by atoms with Crippen LogP contribution in [0.4, 0.5) is 0 Å². The zero-order chi connectivity index (χ0) is 21.6. The molecule has 31 heavy (non-hydrogen) atoms. The van der Waals surface area contributed by atoms with Crippen LogP contribution in [0.2, 0.25) is 5.02 Å². The maximum Gasteiger partial charge on any atom is 0.271 e. The molecule has 0 spiro atoms. The summed E-state index contributed by atoms with van der Waals surface area (Å²) < 4.78 is 1.31. The Bertz CT molecular complexity index is 1240. The molecule has 4 aromatic rings. The molecule has 4 rings (SSSR count). The topological polar surface area (TPSA) is 76.9 Å². The zero-order valence-electron chi connectivity index (χ0n) is 16.2. The highest BCUT2D eigenvalue weighted by Crippen LogP contribution is 2.26. The monoisotopic (exact) mass is 448 g/mol. The summed E-state index contributed by atoms with van der Waals surface area (Å²) in [6.07, 6.45) is 1.68. The van der Waals surface area contributed by atoms with Crippen molar-refractivity contribution in [2.45, 2.75) is 16.5 Å². The number of pyridine rings is 1. The minimum atomic E-state index is -0.257. The first-order valence-electron chi connectivity index (χ1n) is 9.41. The molecule has 0 saturated heterocycles. The Morgan fingerprint density at radius 2 is 1.74 bits per heavy atom. The second kappa shape index (κ2) is 9.59. The van der Waals surface area contributed by atoms with Crippen molar-refractivity contribution in [2.75, 3.05) is 0 Å². The summed E-state index contributed by atoms with van der Waals surface area (Å²) in [4.78, 5) is 29.9. The van der Waals surface area contributed by atoms with Crippen LogP contribution in [0.5, 0.6) is 0 Å². The first-order valence-corrected chi connectivity index (χ1v) is 10.6. The van der Waals surface area contributed by atoms with E-state index in [0.717, 1.165) is 10.6 Å². The van der Waals surface area contributed by atoms with Crippen LogP contribution in [-0.4, -0.2) is 20.7 Å². The van der Waals surface area contributed by atoms with Crippen molar-refractivity contribution in [3.63, 3.8) is 0 Å². The molecule has 2 aromatic carbocycles. The van der Waals surface area contributed by atoms with Crippen LogP contribution in [-0.2, 0) is 6.54 Å². The number of nitrogens with one attached hydrogen (secondary N) is 1. The van der Waals surface area contributed by atoms with E-state index in [-0.39, 0.29) is 11.5 Å². The Hall–Kier alpha value is -3.42. The summed E-state index contributed by atoms with van der Waals surface area (Å²) in [5, 5.41) is 8.59. The van der Waals surface area contributed by atoms with Crippen molar-refractivity contribution in [3.8, 4) is 5.69 Å². The molecule has 154 valence electrons. The van der Waals surface area contributed by atoms with Gasteiger partial charge in [-0.3, -0.25) is 14.6 Å². The number of amides is 1. The van der Waals surface area contributed by atoms with Gasteiger partial charge in [-0.05, 0) is 66.7 Å². The number of halogens is 1. The highest BCUT2D eigenvalue weighted by atomic mass is 35.5. The molecule has 0 aliphatic heterocycles. The predicted molar refractivity (Wildman–Crippen MR) is 121 cm³/mol. The van der Waals surface area contributed by atoms with Crippen LogP contribution in [0, 0.1) is 0 Å². The number of carbonyl (C=O) groups is 1. The summed E-state index contributed by atoms with van der Waals surface area (Å²) in [5.74, 6) is -0.218. The third kappa shape index (κ3) is 5.39. The van der Waals surface area contributed by atoms with Gasteiger partial charge in [0.25, 0.3) is 11.5 Å². The van der Waals surface area contributed by atoms with Gasteiger partial charge >= 0.3 is 0 Å². The zero-order valence-corrected chi connectivity index (χ0v) is 17.8. The number of benzene rings is 2. The van der Waals surface area contributed by atoms with E-state index >= 15 is 0 Å². The molecular formula is C23H17ClN4O2S. The molecule has 0 aliphatic carbocycles. The Kier molecular flexibility index (Phi) is 6.45. The van der Waals surface area contributed by atoms with Crippen molar-refractivity contribution >= 4 is 29.3 Å². The van der Waals surface area contributed by atoms with Gasteiger partial charge in [-0.2, -0.15) is 9.78 Å². The highest BCUT2D eigenvalue weighted by molar-refractivity contribution is 7.99. The van der Waals surface area contributed by atoms with Crippen LogP contribution >= 0.6 is 23.4 Å². The first kappa shape index (κ1) is 20.8.